The van der Waals surface area contributed by atoms with Crippen LogP contribution in [0, 0.1) is 5.92 Å². The molecule has 2 rings (SSSR count). The van der Waals surface area contributed by atoms with Gasteiger partial charge in [0.2, 0.25) is 5.95 Å². The van der Waals surface area contributed by atoms with E-state index in [0.717, 1.165) is 0 Å². The fourth-order valence-electron chi connectivity index (χ4n) is 1.94. The van der Waals surface area contributed by atoms with Gasteiger partial charge in [0, 0.05) is 12.2 Å². The monoisotopic (exact) mass is 440 g/mol. The van der Waals surface area contributed by atoms with E-state index >= 15 is 0 Å². The smallest absolute Gasteiger partial charge is 0.328 e. The first-order chi connectivity index (χ1) is 14.5. The highest BCUT2D eigenvalue weighted by molar-refractivity contribution is 5.89. The van der Waals surface area contributed by atoms with Crippen LogP contribution in [0.5, 0.6) is 0 Å². The maximum atomic E-state index is 11.6. The molecule has 7 N–H and O–H groups in total. The van der Waals surface area contributed by atoms with Gasteiger partial charge in [-0.3, -0.25) is 19.1 Å². The van der Waals surface area contributed by atoms with E-state index in [-0.39, 0.29) is 37.3 Å². The van der Waals surface area contributed by atoms with Gasteiger partial charge in [0.25, 0.3) is 5.56 Å². The van der Waals surface area contributed by atoms with E-state index in [1.807, 2.05) is 13.8 Å². The minimum atomic E-state index is -1.26. The van der Waals surface area contributed by atoms with Gasteiger partial charge in [-0.05, 0) is 5.92 Å². The fraction of sp³-hybridized carbons (Fsp3) is 0.412. The molecule has 0 aliphatic rings. The number of nitrogens with zero attached hydrogens (tertiary/aromatic N) is 3. The lowest BCUT2D eigenvalue weighted by Crippen LogP contribution is -2.37. The summed E-state index contributed by atoms with van der Waals surface area (Å²) in [7, 11) is 0. The molecule has 2 aromatic heterocycles. The molecule has 0 aliphatic heterocycles. The highest BCUT2D eigenvalue weighted by Crippen LogP contribution is 2.06. The molecule has 0 saturated carbocycles. The van der Waals surface area contributed by atoms with Gasteiger partial charge >= 0.3 is 17.9 Å². The number of imidazole rings is 1. The molecule has 2 aromatic rings. The van der Waals surface area contributed by atoms with E-state index in [2.05, 4.69) is 15.0 Å². The molecule has 14 heteroatoms. The Morgan fingerprint density at radius 1 is 1.23 bits per heavy atom. The van der Waals surface area contributed by atoms with Crippen molar-refractivity contribution in [1.82, 2.24) is 19.5 Å². The van der Waals surface area contributed by atoms with Crippen LogP contribution in [0.25, 0.3) is 11.2 Å². The molecule has 0 bridgehead atoms. The second-order valence-electron chi connectivity index (χ2n) is 6.32. The van der Waals surface area contributed by atoms with Crippen molar-refractivity contribution >= 4 is 35.0 Å². The third-order valence-electron chi connectivity index (χ3n) is 3.55. The number of hydrogen-bond donors (Lipinski definition) is 5. The number of carbonyl (C=O) groups is 3. The average molecular weight is 440 g/mol. The molecule has 0 saturated heterocycles. The van der Waals surface area contributed by atoms with E-state index < -0.39 is 29.5 Å². The Labute approximate surface area is 175 Å². The van der Waals surface area contributed by atoms with Crippen LogP contribution in [0.1, 0.15) is 13.8 Å². The van der Waals surface area contributed by atoms with E-state index in [4.69, 9.17) is 31.2 Å². The van der Waals surface area contributed by atoms with E-state index in [0.29, 0.717) is 17.8 Å². The molecular weight excluding hydrogens is 416 g/mol. The molecule has 170 valence electrons. The third kappa shape index (κ3) is 8.63. The Kier molecular flexibility index (Phi) is 9.81. The van der Waals surface area contributed by atoms with Gasteiger partial charge < -0.3 is 31.2 Å². The van der Waals surface area contributed by atoms with Crippen LogP contribution in [0.3, 0.4) is 0 Å². The summed E-state index contributed by atoms with van der Waals surface area (Å²) in [5.74, 6) is -2.96. The molecule has 0 radical (unpaired) electrons. The van der Waals surface area contributed by atoms with Crippen molar-refractivity contribution in [2.45, 2.75) is 26.6 Å². The maximum absolute atomic E-state index is 11.6. The highest BCUT2D eigenvalue weighted by atomic mass is 16.6. The number of ether oxygens (including phenoxy) is 2. The van der Waals surface area contributed by atoms with Gasteiger partial charge in [-0.15, -0.1) is 0 Å². The first kappa shape index (κ1) is 25.3. The van der Waals surface area contributed by atoms with Crippen molar-refractivity contribution in [3.63, 3.8) is 0 Å². The predicted octanol–water partition coefficient (Wildman–Crippen LogP) is -1.09. The number of carbonyl (C=O) groups excluding carboxylic acids is 1. The van der Waals surface area contributed by atoms with Crippen molar-refractivity contribution in [3.05, 3.63) is 28.8 Å². The molecule has 0 unspecified atom stereocenters. The molecule has 14 nitrogen and oxygen atoms in total. The highest BCUT2D eigenvalue weighted by Gasteiger charge is 2.18. The zero-order valence-corrected chi connectivity index (χ0v) is 16.8. The normalized spacial score (nSPS) is 11.9. The van der Waals surface area contributed by atoms with Crippen LogP contribution in [0.15, 0.2) is 23.3 Å². The molecule has 1 atom stereocenters. The lowest BCUT2D eigenvalue weighted by molar-refractivity contribution is -0.148. The summed E-state index contributed by atoms with van der Waals surface area (Å²) >= 11 is 0. The summed E-state index contributed by atoms with van der Waals surface area (Å²) in [6.45, 7) is 4.04. The van der Waals surface area contributed by atoms with Crippen LogP contribution in [0.4, 0.5) is 5.95 Å². The van der Waals surface area contributed by atoms with Gasteiger partial charge in [-0.1, -0.05) is 13.8 Å². The van der Waals surface area contributed by atoms with Gasteiger partial charge in [0.15, 0.2) is 11.2 Å². The summed E-state index contributed by atoms with van der Waals surface area (Å²) in [6, 6.07) is -0.647. The standard InChI is InChI=1S/C13H20N6O4.C4H4O4/c1-7(2)8(14)12(21)23-4-3-22-6-19-5-16-9-10(19)17-13(15)18-11(9)20;5-3(6)1-2-4(7)8/h5,7-8H,3-4,6,14H2,1-2H3,(H3,15,17,18,20);1-2H,(H,5,6)(H,7,8)/b;2-1+/t8-;/m0./s1. The van der Waals surface area contributed by atoms with Gasteiger partial charge in [0.1, 0.15) is 19.4 Å². The van der Waals surface area contributed by atoms with E-state index in [9.17, 15) is 19.2 Å². The average Bonchev–Trinajstić information content (AvgIpc) is 3.08. The molecule has 31 heavy (non-hydrogen) atoms. The van der Waals surface area contributed by atoms with Crippen LogP contribution < -0.4 is 17.0 Å². The zero-order valence-electron chi connectivity index (χ0n) is 16.8. The summed E-state index contributed by atoms with van der Waals surface area (Å²) in [5, 5.41) is 15.6. The van der Waals surface area contributed by atoms with Crippen LogP contribution >= 0.6 is 0 Å². The lowest BCUT2D eigenvalue weighted by atomic mass is 10.1. The zero-order chi connectivity index (χ0) is 23.6. The van der Waals surface area contributed by atoms with Crippen LogP contribution in [0.2, 0.25) is 0 Å². The predicted molar refractivity (Wildman–Crippen MR) is 107 cm³/mol. The Bertz CT molecular complexity index is 980. The largest absolute Gasteiger partial charge is 0.478 e. The number of carboxylic acid groups (broad SMARTS) is 2. The Balaban J connectivity index is 0.000000512. The van der Waals surface area contributed by atoms with E-state index in [1.54, 1.807) is 0 Å². The third-order valence-corrected chi connectivity index (χ3v) is 3.55. The topological polar surface area (TPSA) is 226 Å². The number of nitrogens with two attached hydrogens (primary N) is 2. The van der Waals surface area contributed by atoms with Gasteiger partial charge in [-0.2, -0.15) is 4.98 Å². The summed E-state index contributed by atoms with van der Waals surface area (Å²) in [5.41, 5.74) is 11.2. The molecule has 2 heterocycles. The van der Waals surface area contributed by atoms with Crippen LogP contribution in [-0.4, -0.2) is 66.9 Å². The van der Waals surface area contributed by atoms with Crippen molar-refractivity contribution in [2.24, 2.45) is 11.7 Å². The van der Waals surface area contributed by atoms with Crippen molar-refractivity contribution in [2.75, 3.05) is 18.9 Å². The van der Waals surface area contributed by atoms with Gasteiger partial charge in [-0.25, -0.2) is 14.6 Å². The number of aromatic amines is 1. The number of esters is 1. The number of aromatic nitrogens is 4. The van der Waals surface area contributed by atoms with Crippen LogP contribution in [-0.2, 0) is 30.6 Å². The Hall–Kier alpha value is -3.78. The van der Waals surface area contributed by atoms with Gasteiger partial charge in [0.05, 0.1) is 12.9 Å². The van der Waals surface area contributed by atoms with Crippen molar-refractivity contribution in [3.8, 4) is 0 Å². The number of hydrogen-bond acceptors (Lipinski definition) is 10. The number of aliphatic carboxylic acids is 2. The number of anilines is 1. The second kappa shape index (κ2) is 12.0. The number of nitrogen functional groups attached to an aromatic ring is 1. The Morgan fingerprint density at radius 2 is 1.84 bits per heavy atom. The summed E-state index contributed by atoms with van der Waals surface area (Å²) < 4.78 is 11.9. The number of nitrogens with one attached hydrogen (secondary N) is 1. The summed E-state index contributed by atoms with van der Waals surface area (Å²) in [6.07, 6.45) is 2.54. The van der Waals surface area contributed by atoms with Crippen molar-refractivity contribution in [1.29, 1.82) is 0 Å². The maximum Gasteiger partial charge on any atom is 0.328 e. The first-order valence-corrected chi connectivity index (χ1v) is 8.87. The fourth-order valence-corrected chi connectivity index (χ4v) is 1.94. The molecule has 0 fully saturated rings. The SMILES string of the molecule is CC(C)[C@H](N)C(=O)OCCOCn1cnc2c(=O)[nH]c(N)nc21.O=C(O)/C=C/C(=O)O. The molecule has 0 spiro atoms. The first-order valence-electron chi connectivity index (χ1n) is 8.87. The number of H-pyrrole nitrogens is 1. The number of rotatable bonds is 9. The Morgan fingerprint density at radius 3 is 2.39 bits per heavy atom. The van der Waals surface area contributed by atoms with Crippen molar-refractivity contribution < 1.29 is 34.1 Å². The lowest BCUT2D eigenvalue weighted by Gasteiger charge is -2.14. The molecule has 0 aromatic carbocycles. The summed E-state index contributed by atoms with van der Waals surface area (Å²) in [4.78, 5) is 52.6. The minimum absolute atomic E-state index is 0.000790. The number of fused-ring (bicyclic) bond motifs is 1. The minimum Gasteiger partial charge on any atom is -0.478 e. The van der Waals surface area contributed by atoms with E-state index in [1.165, 1.54) is 10.9 Å². The molecule has 0 amide bonds. The number of carboxylic acids is 2. The molecular formula is C17H24N6O8. The quantitative estimate of drug-likeness (QED) is 0.178. The molecule has 0 aliphatic carbocycles. The second-order valence-corrected chi connectivity index (χ2v) is 6.32.